The molecular weight excluding hydrogens is 224 g/mol. The number of piperidine rings is 1. The summed E-state index contributed by atoms with van der Waals surface area (Å²) in [6.07, 6.45) is 2.31. The van der Waals surface area contributed by atoms with Crippen molar-refractivity contribution in [3.05, 3.63) is 16.8 Å². The minimum atomic E-state index is 0.428. The lowest BCUT2D eigenvalue weighted by atomic mass is 9.93. The molecule has 0 amide bonds. The summed E-state index contributed by atoms with van der Waals surface area (Å²) in [4.78, 5) is 2.23. The van der Waals surface area contributed by atoms with E-state index in [-0.39, 0.29) is 0 Å². The van der Waals surface area contributed by atoms with Crippen molar-refractivity contribution < 1.29 is 0 Å². The Kier molecular flexibility index (Phi) is 3.51. The molecule has 1 aromatic rings. The zero-order valence-corrected chi connectivity index (χ0v) is 11.6. The SMILES string of the molecule is Cc1nnc(N2CCC(C)CC2C)c(C#N)c1C. The lowest BCUT2D eigenvalue weighted by Crippen LogP contribution is -2.41. The molecule has 4 heteroatoms. The van der Waals surface area contributed by atoms with Gasteiger partial charge in [-0.1, -0.05) is 6.92 Å². The molecule has 2 atom stereocenters. The number of rotatable bonds is 1. The molecule has 96 valence electrons. The van der Waals surface area contributed by atoms with Gasteiger partial charge >= 0.3 is 0 Å². The van der Waals surface area contributed by atoms with Gasteiger partial charge in [-0.05, 0) is 45.1 Å². The Morgan fingerprint density at radius 3 is 2.61 bits per heavy atom. The first-order chi connectivity index (χ1) is 8.54. The summed E-state index contributed by atoms with van der Waals surface area (Å²) < 4.78 is 0. The molecular formula is C14H20N4. The fourth-order valence-corrected chi connectivity index (χ4v) is 2.65. The van der Waals surface area contributed by atoms with Crippen LogP contribution in [0.25, 0.3) is 0 Å². The molecule has 1 aliphatic rings. The Morgan fingerprint density at radius 1 is 1.28 bits per heavy atom. The largest absolute Gasteiger partial charge is 0.351 e. The van der Waals surface area contributed by atoms with E-state index in [0.29, 0.717) is 11.6 Å². The van der Waals surface area contributed by atoms with E-state index in [0.717, 1.165) is 42.4 Å². The maximum absolute atomic E-state index is 9.35. The van der Waals surface area contributed by atoms with E-state index in [9.17, 15) is 5.26 Å². The fourth-order valence-electron chi connectivity index (χ4n) is 2.65. The van der Waals surface area contributed by atoms with Crippen LogP contribution in [0.2, 0.25) is 0 Å². The van der Waals surface area contributed by atoms with Crippen molar-refractivity contribution in [2.75, 3.05) is 11.4 Å². The molecule has 0 spiro atoms. The van der Waals surface area contributed by atoms with Gasteiger partial charge in [0.05, 0.1) is 5.69 Å². The third-order valence-corrected chi connectivity index (χ3v) is 3.96. The van der Waals surface area contributed by atoms with Gasteiger partial charge in [-0.25, -0.2) is 0 Å². The molecule has 1 saturated heterocycles. The molecule has 18 heavy (non-hydrogen) atoms. The zero-order valence-electron chi connectivity index (χ0n) is 11.6. The van der Waals surface area contributed by atoms with Crippen molar-refractivity contribution in [1.29, 1.82) is 5.26 Å². The third kappa shape index (κ3) is 2.17. The highest BCUT2D eigenvalue weighted by Gasteiger charge is 2.27. The first-order valence-electron chi connectivity index (χ1n) is 6.55. The number of aromatic nitrogens is 2. The quantitative estimate of drug-likeness (QED) is 0.762. The summed E-state index contributed by atoms with van der Waals surface area (Å²) in [7, 11) is 0. The Balaban J connectivity index is 2.40. The lowest BCUT2D eigenvalue weighted by Gasteiger charge is -2.37. The second-order valence-electron chi connectivity index (χ2n) is 5.39. The summed E-state index contributed by atoms with van der Waals surface area (Å²) >= 11 is 0. The number of hydrogen-bond acceptors (Lipinski definition) is 4. The van der Waals surface area contributed by atoms with E-state index in [2.05, 4.69) is 35.0 Å². The molecule has 1 fully saturated rings. The van der Waals surface area contributed by atoms with E-state index in [4.69, 9.17) is 0 Å². The van der Waals surface area contributed by atoms with Crippen LogP contribution in [0.5, 0.6) is 0 Å². The van der Waals surface area contributed by atoms with Gasteiger partial charge in [-0.2, -0.15) is 10.4 Å². The van der Waals surface area contributed by atoms with Gasteiger partial charge in [0.1, 0.15) is 11.6 Å². The minimum absolute atomic E-state index is 0.428. The number of nitriles is 1. The van der Waals surface area contributed by atoms with Crippen LogP contribution < -0.4 is 4.90 Å². The normalized spacial score (nSPS) is 23.8. The number of hydrogen-bond donors (Lipinski definition) is 0. The smallest absolute Gasteiger partial charge is 0.169 e. The number of aryl methyl sites for hydroxylation is 1. The van der Waals surface area contributed by atoms with Crippen LogP contribution in [-0.4, -0.2) is 22.8 Å². The predicted octanol–water partition coefficient (Wildman–Crippen LogP) is 2.59. The maximum Gasteiger partial charge on any atom is 0.169 e. The van der Waals surface area contributed by atoms with Gasteiger partial charge in [-0.15, -0.1) is 5.10 Å². The van der Waals surface area contributed by atoms with E-state index in [1.165, 1.54) is 0 Å². The Bertz CT molecular complexity index is 489. The zero-order chi connectivity index (χ0) is 13.3. The van der Waals surface area contributed by atoms with Gasteiger partial charge in [0, 0.05) is 12.6 Å². The molecule has 0 aromatic carbocycles. The molecule has 0 saturated carbocycles. The van der Waals surface area contributed by atoms with Crippen LogP contribution >= 0.6 is 0 Å². The monoisotopic (exact) mass is 244 g/mol. The first-order valence-corrected chi connectivity index (χ1v) is 6.55. The Morgan fingerprint density at radius 2 is 2.00 bits per heavy atom. The van der Waals surface area contributed by atoms with E-state index < -0.39 is 0 Å². The highest BCUT2D eigenvalue weighted by molar-refractivity contribution is 5.58. The highest BCUT2D eigenvalue weighted by Crippen LogP contribution is 2.29. The Labute approximate surface area is 109 Å². The summed E-state index contributed by atoms with van der Waals surface area (Å²) in [5.74, 6) is 1.52. The molecule has 2 heterocycles. The first kappa shape index (κ1) is 12.8. The van der Waals surface area contributed by atoms with Crippen molar-refractivity contribution in [3.8, 4) is 6.07 Å². The third-order valence-electron chi connectivity index (χ3n) is 3.96. The predicted molar refractivity (Wildman–Crippen MR) is 71.4 cm³/mol. The van der Waals surface area contributed by atoms with Crippen LogP contribution in [0.1, 0.15) is 43.5 Å². The molecule has 4 nitrogen and oxygen atoms in total. The van der Waals surface area contributed by atoms with Crippen molar-refractivity contribution in [2.24, 2.45) is 5.92 Å². The molecule has 0 N–H and O–H groups in total. The standard InChI is InChI=1S/C14H20N4/c1-9-5-6-18(10(2)7-9)14-13(8-15)11(3)12(4)16-17-14/h9-10H,5-7H2,1-4H3. The van der Waals surface area contributed by atoms with E-state index in [1.807, 2.05) is 13.8 Å². The van der Waals surface area contributed by atoms with Crippen LogP contribution in [0.15, 0.2) is 0 Å². The number of anilines is 1. The van der Waals surface area contributed by atoms with Crippen LogP contribution in [0, 0.1) is 31.1 Å². The molecule has 2 rings (SSSR count). The average molecular weight is 244 g/mol. The van der Waals surface area contributed by atoms with Crippen molar-refractivity contribution >= 4 is 5.82 Å². The lowest BCUT2D eigenvalue weighted by molar-refractivity contribution is 0.375. The molecule has 1 aromatic heterocycles. The van der Waals surface area contributed by atoms with Gasteiger partial charge in [0.2, 0.25) is 0 Å². The summed E-state index contributed by atoms with van der Waals surface area (Å²) in [5, 5.41) is 17.8. The minimum Gasteiger partial charge on any atom is -0.351 e. The van der Waals surface area contributed by atoms with E-state index >= 15 is 0 Å². The van der Waals surface area contributed by atoms with Crippen LogP contribution in [-0.2, 0) is 0 Å². The van der Waals surface area contributed by atoms with Gasteiger partial charge in [-0.3, -0.25) is 0 Å². The second-order valence-corrected chi connectivity index (χ2v) is 5.39. The molecule has 0 aliphatic carbocycles. The topological polar surface area (TPSA) is 52.8 Å². The molecule has 1 aliphatic heterocycles. The second kappa shape index (κ2) is 4.93. The van der Waals surface area contributed by atoms with Gasteiger partial charge in [0.25, 0.3) is 0 Å². The van der Waals surface area contributed by atoms with Crippen LogP contribution in [0.3, 0.4) is 0 Å². The molecule has 0 bridgehead atoms. The highest BCUT2D eigenvalue weighted by atomic mass is 15.3. The molecule has 0 radical (unpaired) electrons. The van der Waals surface area contributed by atoms with E-state index in [1.54, 1.807) is 0 Å². The van der Waals surface area contributed by atoms with Gasteiger partial charge in [0.15, 0.2) is 5.82 Å². The van der Waals surface area contributed by atoms with Crippen LogP contribution in [0.4, 0.5) is 5.82 Å². The van der Waals surface area contributed by atoms with Gasteiger partial charge < -0.3 is 4.90 Å². The fraction of sp³-hybridized carbons (Fsp3) is 0.643. The van der Waals surface area contributed by atoms with Crippen molar-refractivity contribution in [2.45, 2.75) is 46.6 Å². The Hall–Kier alpha value is -1.63. The summed E-state index contributed by atoms with van der Waals surface area (Å²) in [6, 6.07) is 2.72. The summed E-state index contributed by atoms with van der Waals surface area (Å²) in [5.41, 5.74) is 2.48. The summed E-state index contributed by atoms with van der Waals surface area (Å²) in [6.45, 7) is 9.30. The van der Waals surface area contributed by atoms with Crippen molar-refractivity contribution in [3.63, 3.8) is 0 Å². The molecule has 2 unspecified atom stereocenters. The number of nitrogens with zero attached hydrogens (tertiary/aromatic N) is 4. The maximum atomic E-state index is 9.35. The average Bonchev–Trinajstić information content (AvgIpc) is 2.33. The van der Waals surface area contributed by atoms with Crippen molar-refractivity contribution in [1.82, 2.24) is 10.2 Å².